The lowest BCUT2D eigenvalue weighted by Gasteiger charge is -2.33. The Morgan fingerprint density at radius 3 is 2.87 bits per heavy atom. The fourth-order valence-corrected chi connectivity index (χ4v) is 5.63. The van der Waals surface area contributed by atoms with Gasteiger partial charge in [-0.1, -0.05) is 12.1 Å². The van der Waals surface area contributed by atoms with Crippen LogP contribution in [0.3, 0.4) is 0 Å². The van der Waals surface area contributed by atoms with E-state index >= 15 is 0 Å². The second-order valence-corrected chi connectivity index (χ2v) is 9.40. The summed E-state index contributed by atoms with van der Waals surface area (Å²) in [5.41, 5.74) is 0.0751. The zero-order chi connectivity index (χ0) is 21.0. The van der Waals surface area contributed by atoms with Crippen molar-refractivity contribution in [3.05, 3.63) is 45.7 Å². The van der Waals surface area contributed by atoms with Gasteiger partial charge in [-0.05, 0) is 57.7 Å². The van der Waals surface area contributed by atoms with Crippen LogP contribution >= 0.6 is 11.3 Å². The Morgan fingerprint density at radius 1 is 1.27 bits per heavy atom. The third-order valence-electron chi connectivity index (χ3n) is 6.27. The molecular weight excluding hydrogens is 403 g/mol. The topological polar surface area (TPSA) is 54.8 Å². The van der Waals surface area contributed by atoms with Crippen molar-refractivity contribution >= 4 is 11.3 Å². The molecule has 0 bridgehead atoms. The van der Waals surface area contributed by atoms with E-state index in [4.69, 9.17) is 14.5 Å². The van der Waals surface area contributed by atoms with E-state index in [9.17, 15) is 9.50 Å². The van der Waals surface area contributed by atoms with Gasteiger partial charge < -0.3 is 19.5 Å². The number of thiazole rings is 1. The van der Waals surface area contributed by atoms with Crippen LogP contribution in [0.25, 0.3) is 0 Å². The summed E-state index contributed by atoms with van der Waals surface area (Å²) in [6.45, 7) is 5.98. The van der Waals surface area contributed by atoms with Gasteiger partial charge in [0.25, 0.3) is 0 Å². The molecule has 1 atom stereocenters. The number of halogens is 1. The molecule has 0 spiro atoms. The molecule has 164 valence electrons. The molecule has 3 heterocycles. The third kappa shape index (κ3) is 5.02. The number of aryl methyl sites for hydroxylation is 1. The minimum Gasteiger partial charge on any atom is -0.490 e. The van der Waals surface area contributed by atoms with E-state index in [0.29, 0.717) is 25.5 Å². The van der Waals surface area contributed by atoms with E-state index in [2.05, 4.69) is 4.90 Å². The Bertz CT molecular complexity index is 840. The molecule has 2 saturated heterocycles. The summed E-state index contributed by atoms with van der Waals surface area (Å²) in [6, 6.07) is 7.03. The molecular formula is C23H31FN2O3S. The molecule has 0 saturated carbocycles. The number of benzene rings is 1. The van der Waals surface area contributed by atoms with Crippen LogP contribution in [0.4, 0.5) is 4.39 Å². The van der Waals surface area contributed by atoms with Gasteiger partial charge in [0, 0.05) is 37.1 Å². The smallest absolute Gasteiger partial charge is 0.165 e. The minimum absolute atomic E-state index is 0.274. The van der Waals surface area contributed by atoms with Crippen LogP contribution in [-0.4, -0.2) is 53.9 Å². The van der Waals surface area contributed by atoms with Crippen LogP contribution in [0.15, 0.2) is 24.3 Å². The van der Waals surface area contributed by atoms with E-state index in [1.54, 1.807) is 29.5 Å². The normalized spacial score (nSPS) is 24.0. The quantitative estimate of drug-likeness (QED) is 0.743. The number of ether oxygens (including phenoxy) is 2. The lowest BCUT2D eigenvalue weighted by molar-refractivity contribution is 0.0112. The SMILES string of the molecule is Cc1nc([C@]2(O)CCCN(C3CCOCC3)CC2)sc1CCOc1ccccc1F. The fourth-order valence-electron chi connectivity index (χ4n) is 4.44. The highest BCUT2D eigenvalue weighted by molar-refractivity contribution is 7.11. The van der Waals surface area contributed by atoms with Gasteiger partial charge in [0.15, 0.2) is 11.6 Å². The van der Waals surface area contributed by atoms with Crippen molar-refractivity contribution in [1.29, 1.82) is 0 Å². The van der Waals surface area contributed by atoms with Crippen molar-refractivity contribution < 1.29 is 19.0 Å². The largest absolute Gasteiger partial charge is 0.490 e. The molecule has 2 aliphatic heterocycles. The van der Waals surface area contributed by atoms with Gasteiger partial charge in [0.1, 0.15) is 10.6 Å². The first-order valence-corrected chi connectivity index (χ1v) is 11.7. The van der Waals surface area contributed by atoms with E-state index in [-0.39, 0.29) is 11.6 Å². The van der Waals surface area contributed by atoms with Crippen LogP contribution in [0.5, 0.6) is 5.75 Å². The van der Waals surface area contributed by atoms with Crippen LogP contribution in [0.1, 0.15) is 47.7 Å². The lowest BCUT2D eigenvalue weighted by atomic mass is 9.96. The van der Waals surface area contributed by atoms with Gasteiger partial charge in [-0.2, -0.15) is 0 Å². The average Bonchev–Trinajstić information content (AvgIpc) is 3.01. The molecule has 2 aliphatic rings. The standard InChI is InChI=1S/C23H31FN2O3S/c1-17-21(9-16-29-20-6-3-2-5-19(20)24)30-22(25-17)23(27)10-4-12-26(13-11-23)18-7-14-28-15-8-18/h2-3,5-6,18,27H,4,7-16H2,1H3/t23-/m0/s1. The van der Waals surface area contributed by atoms with Crippen molar-refractivity contribution in [3.8, 4) is 5.75 Å². The Hall–Kier alpha value is -1.54. The van der Waals surface area contributed by atoms with Gasteiger partial charge in [0.2, 0.25) is 0 Å². The molecule has 1 aromatic carbocycles. The van der Waals surface area contributed by atoms with Gasteiger partial charge in [0.05, 0.1) is 12.3 Å². The second-order valence-electron chi connectivity index (χ2n) is 8.32. The summed E-state index contributed by atoms with van der Waals surface area (Å²) in [6.07, 6.45) is 5.25. The van der Waals surface area contributed by atoms with Gasteiger partial charge in [-0.15, -0.1) is 11.3 Å². The molecule has 0 unspecified atom stereocenters. The predicted octanol–water partition coefficient (Wildman–Crippen LogP) is 4.06. The minimum atomic E-state index is -0.861. The molecule has 7 heteroatoms. The first-order valence-electron chi connectivity index (χ1n) is 10.9. The summed E-state index contributed by atoms with van der Waals surface area (Å²) in [5.74, 6) is -0.0726. The third-order valence-corrected chi connectivity index (χ3v) is 7.68. The maximum atomic E-state index is 13.7. The highest BCUT2D eigenvalue weighted by Gasteiger charge is 2.37. The molecule has 30 heavy (non-hydrogen) atoms. The Labute approximate surface area is 181 Å². The zero-order valence-electron chi connectivity index (χ0n) is 17.6. The number of aliphatic hydroxyl groups is 1. The molecule has 5 nitrogen and oxygen atoms in total. The van der Waals surface area contributed by atoms with Crippen LogP contribution in [-0.2, 0) is 16.8 Å². The molecule has 1 aromatic heterocycles. The Morgan fingerprint density at radius 2 is 2.07 bits per heavy atom. The van der Waals surface area contributed by atoms with Crippen LogP contribution < -0.4 is 4.74 Å². The summed E-state index contributed by atoms with van der Waals surface area (Å²) in [4.78, 5) is 8.36. The van der Waals surface area contributed by atoms with Crippen LogP contribution in [0.2, 0.25) is 0 Å². The molecule has 0 aliphatic carbocycles. The summed E-state index contributed by atoms with van der Waals surface area (Å²) >= 11 is 1.58. The van der Waals surface area contributed by atoms with E-state index in [0.717, 1.165) is 67.6 Å². The number of para-hydroxylation sites is 1. The van der Waals surface area contributed by atoms with Crippen LogP contribution in [0, 0.1) is 12.7 Å². The second kappa shape index (κ2) is 9.73. The van der Waals surface area contributed by atoms with Crippen molar-refractivity contribution in [2.24, 2.45) is 0 Å². The van der Waals surface area contributed by atoms with E-state index < -0.39 is 5.60 Å². The highest BCUT2D eigenvalue weighted by atomic mass is 32.1. The monoisotopic (exact) mass is 434 g/mol. The number of aromatic nitrogens is 1. The van der Waals surface area contributed by atoms with Gasteiger partial charge in [-0.25, -0.2) is 9.37 Å². The summed E-state index contributed by atoms with van der Waals surface area (Å²) in [7, 11) is 0. The number of hydrogen-bond acceptors (Lipinski definition) is 6. The lowest BCUT2D eigenvalue weighted by Crippen LogP contribution is -2.40. The van der Waals surface area contributed by atoms with Crippen molar-refractivity contribution in [2.45, 2.75) is 57.1 Å². The number of rotatable bonds is 6. The first-order chi connectivity index (χ1) is 14.5. The number of hydrogen-bond donors (Lipinski definition) is 1. The van der Waals surface area contributed by atoms with Gasteiger partial charge >= 0.3 is 0 Å². The zero-order valence-corrected chi connectivity index (χ0v) is 18.4. The summed E-state index contributed by atoms with van der Waals surface area (Å²) in [5, 5.41) is 12.2. The molecule has 4 rings (SSSR count). The molecule has 0 amide bonds. The molecule has 0 radical (unpaired) electrons. The number of likely N-dealkylation sites (tertiary alicyclic amines) is 1. The fraction of sp³-hybridized carbons (Fsp3) is 0.609. The Balaban J connectivity index is 1.37. The predicted molar refractivity (Wildman–Crippen MR) is 116 cm³/mol. The maximum absolute atomic E-state index is 13.7. The molecule has 2 aromatic rings. The van der Waals surface area contributed by atoms with Crippen molar-refractivity contribution in [2.75, 3.05) is 32.9 Å². The maximum Gasteiger partial charge on any atom is 0.165 e. The number of nitrogens with zero attached hydrogens (tertiary/aromatic N) is 2. The highest BCUT2D eigenvalue weighted by Crippen LogP contribution is 2.37. The van der Waals surface area contributed by atoms with Crippen molar-refractivity contribution in [3.63, 3.8) is 0 Å². The van der Waals surface area contributed by atoms with Crippen molar-refractivity contribution in [1.82, 2.24) is 9.88 Å². The van der Waals surface area contributed by atoms with E-state index in [1.165, 1.54) is 6.07 Å². The van der Waals surface area contributed by atoms with Gasteiger partial charge in [-0.3, -0.25) is 0 Å². The first kappa shape index (κ1) is 21.7. The average molecular weight is 435 g/mol. The molecule has 1 N–H and O–H groups in total. The molecule has 2 fully saturated rings. The Kier molecular flexibility index (Phi) is 7.03. The summed E-state index contributed by atoms with van der Waals surface area (Å²) < 4.78 is 24.8. The van der Waals surface area contributed by atoms with E-state index in [1.807, 2.05) is 6.92 Å².